The summed E-state index contributed by atoms with van der Waals surface area (Å²) in [6, 6.07) is 17.2. The van der Waals surface area contributed by atoms with Crippen molar-refractivity contribution < 1.29 is 23.5 Å². The summed E-state index contributed by atoms with van der Waals surface area (Å²) in [7, 11) is 3.01. The van der Waals surface area contributed by atoms with Gasteiger partial charge in [0.25, 0.3) is 11.8 Å². The predicted molar refractivity (Wildman–Crippen MR) is 120 cm³/mol. The summed E-state index contributed by atoms with van der Waals surface area (Å²) in [4.78, 5) is 24.7. The van der Waals surface area contributed by atoms with Gasteiger partial charge >= 0.3 is 0 Å². The molecule has 3 aromatic carbocycles. The number of amides is 2. The van der Waals surface area contributed by atoms with Crippen molar-refractivity contribution in [2.45, 2.75) is 6.92 Å². The zero-order valence-corrected chi connectivity index (χ0v) is 17.8. The normalized spacial score (nSPS) is 10.9. The maximum atomic E-state index is 13.3. The highest BCUT2D eigenvalue weighted by Gasteiger charge is 2.10. The molecule has 0 bridgehead atoms. The van der Waals surface area contributed by atoms with Gasteiger partial charge in [-0.3, -0.25) is 9.59 Å². The SMILES string of the molecule is COc1cc(OC)cc(C(=O)NN=C(C)c2ccc(NC(=O)c3cccc(F)c3)cc2)c1. The molecule has 3 aromatic rings. The predicted octanol–water partition coefficient (Wildman–Crippen LogP) is 4.25. The first kappa shape index (κ1) is 22.5. The van der Waals surface area contributed by atoms with Crippen LogP contribution in [0.25, 0.3) is 0 Å². The Morgan fingerprint density at radius 2 is 1.47 bits per heavy atom. The van der Waals surface area contributed by atoms with Gasteiger partial charge < -0.3 is 14.8 Å². The van der Waals surface area contributed by atoms with E-state index in [0.29, 0.717) is 28.5 Å². The van der Waals surface area contributed by atoms with Crippen molar-refractivity contribution in [3.05, 3.63) is 89.2 Å². The number of halogens is 1. The largest absolute Gasteiger partial charge is 0.497 e. The van der Waals surface area contributed by atoms with Gasteiger partial charge in [-0.1, -0.05) is 18.2 Å². The third-order valence-electron chi connectivity index (χ3n) is 4.59. The van der Waals surface area contributed by atoms with E-state index < -0.39 is 17.6 Å². The van der Waals surface area contributed by atoms with Crippen LogP contribution in [-0.4, -0.2) is 31.7 Å². The van der Waals surface area contributed by atoms with Crippen molar-refractivity contribution in [1.82, 2.24) is 5.43 Å². The van der Waals surface area contributed by atoms with E-state index in [1.807, 2.05) is 0 Å². The molecule has 7 nitrogen and oxygen atoms in total. The molecule has 0 saturated heterocycles. The van der Waals surface area contributed by atoms with E-state index >= 15 is 0 Å². The fourth-order valence-corrected chi connectivity index (χ4v) is 2.83. The minimum absolute atomic E-state index is 0.226. The summed E-state index contributed by atoms with van der Waals surface area (Å²) in [5, 5.41) is 6.84. The van der Waals surface area contributed by atoms with Gasteiger partial charge in [0.05, 0.1) is 19.9 Å². The quantitative estimate of drug-likeness (QED) is 0.429. The number of benzene rings is 3. The third kappa shape index (κ3) is 5.69. The molecule has 164 valence electrons. The molecular formula is C24H22FN3O4. The Bertz CT molecular complexity index is 1140. The Balaban J connectivity index is 1.65. The molecular weight excluding hydrogens is 413 g/mol. The van der Waals surface area contributed by atoms with Crippen molar-refractivity contribution >= 4 is 23.2 Å². The first-order valence-corrected chi connectivity index (χ1v) is 9.64. The second kappa shape index (κ2) is 10.2. The molecule has 0 aliphatic rings. The Morgan fingerprint density at radius 3 is 2.06 bits per heavy atom. The summed E-state index contributed by atoms with van der Waals surface area (Å²) in [6.07, 6.45) is 0. The van der Waals surface area contributed by atoms with Crippen LogP contribution in [0, 0.1) is 5.82 Å². The van der Waals surface area contributed by atoms with Crippen molar-refractivity contribution in [3.63, 3.8) is 0 Å². The van der Waals surface area contributed by atoms with E-state index in [-0.39, 0.29) is 5.56 Å². The average molecular weight is 435 g/mol. The fraction of sp³-hybridized carbons (Fsp3) is 0.125. The molecule has 0 atom stereocenters. The van der Waals surface area contributed by atoms with Crippen LogP contribution < -0.4 is 20.2 Å². The lowest BCUT2D eigenvalue weighted by Crippen LogP contribution is -2.19. The molecule has 0 saturated carbocycles. The Kier molecular flexibility index (Phi) is 7.17. The molecule has 32 heavy (non-hydrogen) atoms. The molecule has 0 fully saturated rings. The zero-order chi connectivity index (χ0) is 23.1. The van der Waals surface area contributed by atoms with E-state index in [0.717, 1.165) is 5.56 Å². The van der Waals surface area contributed by atoms with Gasteiger partial charge in [0, 0.05) is 22.9 Å². The lowest BCUT2D eigenvalue weighted by Gasteiger charge is -2.09. The van der Waals surface area contributed by atoms with Crippen LogP contribution in [0.4, 0.5) is 10.1 Å². The number of rotatable bonds is 7. The first-order chi connectivity index (χ1) is 15.4. The molecule has 0 radical (unpaired) electrons. The van der Waals surface area contributed by atoms with Crippen LogP contribution in [0.3, 0.4) is 0 Å². The smallest absolute Gasteiger partial charge is 0.271 e. The summed E-state index contributed by atoms with van der Waals surface area (Å²) < 4.78 is 23.6. The molecule has 2 N–H and O–H groups in total. The van der Waals surface area contributed by atoms with Gasteiger partial charge in [-0.05, 0) is 55.0 Å². The molecule has 0 aliphatic carbocycles. The molecule has 8 heteroatoms. The molecule has 2 amide bonds. The second-order valence-electron chi connectivity index (χ2n) is 6.78. The lowest BCUT2D eigenvalue weighted by atomic mass is 10.1. The van der Waals surface area contributed by atoms with Gasteiger partial charge in [0.1, 0.15) is 17.3 Å². The zero-order valence-electron chi connectivity index (χ0n) is 17.8. The highest BCUT2D eigenvalue weighted by molar-refractivity contribution is 6.05. The Morgan fingerprint density at radius 1 is 0.812 bits per heavy atom. The summed E-state index contributed by atoms with van der Waals surface area (Å²) in [6.45, 7) is 1.74. The molecule has 3 rings (SSSR count). The van der Waals surface area contributed by atoms with Crippen molar-refractivity contribution in [2.75, 3.05) is 19.5 Å². The number of hydrazone groups is 1. The van der Waals surface area contributed by atoms with E-state index in [2.05, 4.69) is 15.8 Å². The molecule has 0 heterocycles. The van der Waals surface area contributed by atoms with E-state index in [9.17, 15) is 14.0 Å². The van der Waals surface area contributed by atoms with E-state index in [1.165, 1.54) is 38.5 Å². The van der Waals surface area contributed by atoms with Crippen LogP contribution in [0.1, 0.15) is 33.2 Å². The van der Waals surface area contributed by atoms with Crippen LogP contribution in [0.5, 0.6) is 11.5 Å². The van der Waals surface area contributed by atoms with Gasteiger partial charge in [-0.2, -0.15) is 5.10 Å². The maximum Gasteiger partial charge on any atom is 0.271 e. The lowest BCUT2D eigenvalue weighted by molar-refractivity contribution is 0.0953. The van der Waals surface area contributed by atoms with Gasteiger partial charge in [0.15, 0.2) is 0 Å². The summed E-state index contributed by atoms with van der Waals surface area (Å²) >= 11 is 0. The highest BCUT2D eigenvalue weighted by atomic mass is 19.1. The molecule has 0 aliphatic heterocycles. The topological polar surface area (TPSA) is 89.0 Å². The average Bonchev–Trinajstić information content (AvgIpc) is 2.82. The highest BCUT2D eigenvalue weighted by Crippen LogP contribution is 2.22. The third-order valence-corrected chi connectivity index (χ3v) is 4.59. The van der Waals surface area contributed by atoms with Crippen molar-refractivity contribution in [1.29, 1.82) is 0 Å². The van der Waals surface area contributed by atoms with Crippen molar-refractivity contribution in [2.24, 2.45) is 5.10 Å². The van der Waals surface area contributed by atoms with Crippen LogP contribution in [-0.2, 0) is 0 Å². The second-order valence-corrected chi connectivity index (χ2v) is 6.78. The van der Waals surface area contributed by atoms with Gasteiger partial charge in [-0.25, -0.2) is 9.82 Å². The number of methoxy groups -OCH3 is 2. The number of carbonyl (C=O) groups is 2. The number of anilines is 1. The number of nitrogens with zero attached hydrogens (tertiary/aromatic N) is 1. The number of nitrogens with one attached hydrogen (secondary N) is 2. The minimum Gasteiger partial charge on any atom is -0.497 e. The monoisotopic (exact) mass is 435 g/mol. The maximum absolute atomic E-state index is 13.3. The van der Waals surface area contributed by atoms with Crippen LogP contribution in [0.2, 0.25) is 0 Å². The number of hydrogen-bond donors (Lipinski definition) is 2. The standard InChI is InChI=1S/C24H22FN3O4/c1-15(27-28-24(30)18-12-21(31-2)14-22(13-18)32-3)16-7-9-20(10-8-16)26-23(29)17-5-4-6-19(25)11-17/h4-14H,1-3H3,(H,26,29)(H,28,30). The van der Waals surface area contributed by atoms with E-state index in [1.54, 1.807) is 49.4 Å². The minimum atomic E-state index is -0.478. The Labute approximate surface area is 184 Å². The summed E-state index contributed by atoms with van der Waals surface area (Å²) in [5.41, 5.74) is 4.93. The van der Waals surface area contributed by atoms with Gasteiger partial charge in [0.2, 0.25) is 0 Å². The van der Waals surface area contributed by atoms with Crippen molar-refractivity contribution in [3.8, 4) is 11.5 Å². The number of ether oxygens (including phenoxy) is 2. The van der Waals surface area contributed by atoms with E-state index in [4.69, 9.17) is 9.47 Å². The molecule has 0 spiro atoms. The first-order valence-electron chi connectivity index (χ1n) is 9.64. The van der Waals surface area contributed by atoms with Crippen LogP contribution >= 0.6 is 0 Å². The fourth-order valence-electron chi connectivity index (χ4n) is 2.83. The molecule has 0 aromatic heterocycles. The Hall–Kier alpha value is -4.20. The molecule has 0 unspecified atom stereocenters. The van der Waals surface area contributed by atoms with Crippen LogP contribution in [0.15, 0.2) is 71.8 Å². The van der Waals surface area contributed by atoms with Gasteiger partial charge in [-0.15, -0.1) is 0 Å². The number of hydrogen-bond acceptors (Lipinski definition) is 5. The number of carbonyl (C=O) groups excluding carboxylic acids is 2. The summed E-state index contributed by atoms with van der Waals surface area (Å²) in [5.74, 6) is -0.324.